The molecule has 1 heterocycles. The van der Waals surface area contributed by atoms with Crippen LogP contribution in [0.4, 0.5) is 10.5 Å². The van der Waals surface area contributed by atoms with Gasteiger partial charge in [-0.1, -0.05) is 25.0 Å². The number of carbonyl (C=O) groups excluding carboxylic acids is 2. The number of nitrogens with one attached hydrogen (secondary N) is 1. The summed E-state index contributed by atoms with van der Waals surface area (Å²) in [6.45, 7) is 1.84. The molecule has 2 aliphatic rings. The van der Waals surface area contributed by atoms with Gasteiger partial charge in [0.2, 0.25) is 5.91 Å². The number of hydrogen-bond acceptors (Lipinski definition) is 7. The standard InChI is InChI=1S/C32H44N4O5/c1-35(2)20-8-4-5-9-21-40-32(38)33-26-15-12-24(13-16-26)23-36-31(37)19-17-28(34-36)25-14-18-29(39-3)30(22-25)41-27-10-6-7-11-27/h12-16,18,22,27H,4-11,17,19-21,23H2,1-3H3,(H,33,38). The summed E-state index contributed by atoms with van der Waals surface area (Å²) in [6, 6.07) is 13.3. The van der Waals surface area contributed by atoms with Gasteiger partial charge in [-0.2, -0.15) is 5.10 Å². The van der Waals surface area contributed by atoms with Crippen LogP contribution in [-0.4, -0.2) is 68.1 Å². The van der Waals surface area contributed by atoms with Gasteiger partial charge in [-0.15, -0.1) is 0 Å². The fraction of sp³-hybridized carbons (Fsp3) is 0.531. The number of rotatable bonds is 14. The van der Waals surface area contributed by atoms with E-state index in [0.717, 1.165) is 67.7 Å². The minimum atomic E-state index is -0.456. The van der Waals surface area contributed by atoms with Crippen molar-refractivity contribution in [3.8, 4) is 11.5 Å². The highest BCUT2D eigenvalue weighted by atomic mass is 16.5. The van der Waals surface area contributed by atoms with Gasteiger partial charge in [0, 0.05) is 24.1 Å². The average Bonchev–Trinajstić information content (AvgIpc) is 3.48. The van der Waals surface area contributed by atoms with Gasteiger partial charge in [-0.3, -0.25) is 10.1 Å². The Balaban J connectivity index is 1.29. The van der Waals surface area contributed by atoms with Crippen molar-refractivity contribution in [2.45, 2.75) is 76.9 Å². The van der Waals surface area contributed by atoms with E-state index < -0.39 is 6.09 Å². The number of amides is 2. The van der Waals surface area contributed by atoms with E-state index in [9.17, 15) is 9.59 Å². The van der Waals surface area contributed by atoms with E-state index in [-0.39, 0.29) is 12.0 Å². The fourth-order valence-electron chi connectivity index (χ4n) is 5.13. The predicted octanol–water partition coefficient (Wildman–Crippen LogP) is 6.21. The zero-order chi connectivity index (χ0) is 29.0. The van der Waals surface area contributed by atoms with Crippen LogP contribution in [0.1, 0.15) is 75.3 Å². The Hall–Kier alpha value is -3.59. The van der Waals surface area contributed by atoms with Gasteiger partial charge in [0.25, 0.3) is 0 Å². The van der Waals surface area contributed by atoms with Gasteiger partial charge in [0.05, 0.1) is 32.1 Å². The van der Waals surface area contributed by atoms with E-state index >= 15 is 0 Å². The molecule has 1 aliphatic carbocycles. The molecule has 1 N–H and O–H groups in total. The van der Waals surface area contributed by atoms with Gasteiger partial charge < -0.3 is 19.1 Å². The summed E-state index contributed by atoms with van der Waals surface area (Å²) in [4.78, 5) is 27.0. The molecule has 0 saturated heterocycles. The van der Waals surface area contributed by atoms with Crippen LogP contribution in [0.5, 0.6) is 11.5 Å². The quantitative estimate of drug-likeness (QED) is 0.274. The molecule has 2 amide bonds. The van der Waals surface area contributed by atoms with E-state index in [4.69, 9.17) is 19.3 Å². The van der Waals surface area contributed by atoms with Crippen LogP contribution in [0.2, 0.25) is 0 Å². The SMILES string of the molecule is COc1ccc(C2=NN(Cc3ccc(NC(=O)OCCCCCCN(C)C)cc3)C(=O)CC2)cc1OC1CCCC1. The predicted molar refractivity (Wildman–Crippen MR) is 161 cm³/mol. The fourth-order valence-corrected chi connectivity index (χ4v) is 5.13. The van der Waals surface area contributed by atoms with Crippen molar-refractivity contribution in [3.63, 3.8) is 0 Å². The summed E-state index contributed by atoms with van der Waals surface area (Å²) in [7, 11) is 5.79. The van der Waals surface area contributed by atoms with Gasteiger partial charge in [-0.25, -0.2) is 9.80 Å². The Labute approximate surface area is 243 Å². The molecular formula is C32H44N4O5. The van der Waals surface area contributed by atoms with E-state index in [1.165, 1.54) is 17.9 Å². The molecule has 1 saturated carbocycles. The number of hydrogen-bond donors (Lipinski definition) is 1. The third-order valence-electron chi connectivity index (χ3n) is 7.46. The Kier molecular flexibility index (Phi) is 11.4. The summed E-state index contributed by atoms with van der Waals surface area (Å²) in [5.41, 5.74) is 3.34. The second-order valence-electron chi connectivity index (χ2n) is 11.1. The molecule has 2 aromatic rings. The maximum atomic E-state index is 12.7. The van der Waals surface area contributed by atoms with Crippen LogP contribution in [-0.2, 0) is 16.1 Å². The van der Waals surface area contributed by atoms with Crippen molar-refractivity contribution >= 4 is 23.4 Å². The minimum Gasteiger partial charge on any atom is -0.493 e. The van der Waals surface area contributed by atoms with Crippen molar-refractivity contribution < 1.29 is 23.8 Å². The normalized spacial score (nSPS) is 15.7. The monoisotopic (exact) mass is 564 g/mol. The number of ether oxygens (including phenoxy) is 3. The highest BCUT2D eigenvalue weighted by molar-refractivity contribution is 6.04. The number of carbonyl (C=O) groups is 2. The molecule has 0 spiro atoms. The lowest BCUT2D eigenvalue weighted by molar-refractivity contribution is -0.132. The summed E-state index contributed by atoms with van der Waals surface area (Å²) < 4.78 is 17.1. The van der Waals surface area contributed by atoms with Gasteiger partial charge >= 0.3 is 6.09 Å². The average molecular weight is 565 g/mol. The highest BCUT2D eigenvalue weighted by Crippen LogP contribution is 2.33. The Morgan fingerprint density at radius 2 is 1.76 bits per heavy atom. The maximum absolute atomic E-state index is 12.7. The summed E-state index contributed by atoms with van der Waals surface area (Å²) >= 11 is 0. The van der Waals surface area contributed by atoms with Gasteiger partial charge in [-0.05, 0) is 95.1 Å². The number of nitrogens with zero attached hydrogens (tertiary/aromatic N) is 3. The number of unbranched alkanes of at least 4 members (excludes halogenated alkanes) is 3. The molecule has 0 radical (unpaired) electrons. The molecule has 0 unspecified atom stereocenters. The van der Waals surface area contributed by atoms with Crippen LogP contribution in [0.25, 0.3) is 0 Å². The molecule has 9 nitrogen and oxygen atoms in total. The van der Waals surface area contributed by atoms with Crippen molar-refractivity contribution in [2.24, 2.45) is 5.10 Å². The molecule has 2 aromatic carbocycles. The Morgan fingerprint density at radius 1 is 1.00 bits per heavy atom. The van der Waals surface area contributed by atoms with Gasteiger partial charge in [0.15, 0.2) is 11.5 Å². The van der Waals surface area contributed by atoms with Crippen molar-refractivity contribution in [1.29, 1.82) is 0 Å². The number of hydrazone groups is 1. The molecule has 41 heavy (non-hydrogen) atoms. The topological polar surface area (TPSA) is 92.7 Å². The molecule has 0 aromatic heterocycles. The summed E-state index contributed by atoms with van der Waals surface area (Å²) in [5, 5.41) is 9.00. The first-order valence-corrected chi connectivity index (χ1v) is 14.8. The first-order chi connectivity index (χ1) is 19.9. The number of methoxy groups -OCH3 is 1. The second kappa shape index (κ2) is 15.4. The van der Waals surface area contributed by atoms with Crippen LogP contribution >= 0.6 is 0 Å². The minimum absolute atomic E-state index is 0.0165. The third kappa shape index (κ3) is 9.49. The van der Waals surface area contributed by atoms with Crippen molar-refractivity contribution in [1.82, 2.24) is 9.91 Å². The maximum Gasteiger partial charge on any atom is 0.411 e. The number of benzene rings is 2. The van der Waals surface area contributed by atoms with Gasteiger partial charge in [0.1, 0.15) is 0 Å². The van der Waals surface area contributed by atoms with Crippen LogP contribution in [0.3, 0.4) is 0 Å². The van der Waals surface area contributed by atoms with Crippen LogP contribution in [0, 0.1) is 0 Å². The van der Waals surface area contributed by atoms with E-state index in [1.807, 2.05) is 42.5 Å². The molecule has 222 valence electrons. The van der Waals surface area contributed by atoms with E-state index in [1.54, 1.807) is 7.11 Å². The first kappa shape index (κ1) is 30.4. The van der Waals surface area contributed by atoms with Crippen LogP contribution < -0.4 is 14.8 Å². The molecule has 1 aliphatic heterocycles. The summed E-state index contributed by atoms with van der Waals surface area (Å²) in [6.07, 6.45) is 9.41. The summed E-state index contributed by atoms with van der Waals surface area (Å²) in [5.74, 6) is 1.42. The lowest BCUT2D eigenvalue weighted by Crippen LogP contribution is -2.31. The van der Waals surface area contributed by atoms with E-state index in [0.29, 0.717) is 37.4 Å². The van der Waals surface area contributed by atoms with Crippen molar-refractivity contribution in [2.75, 3.05) is 39.7 Å². The van der Waals surface area contributed by atoms with E-state index in [2.05, 4.69) is 24.3 Å². The Bertz CT molecular complexity index is 1180. The molecule has 4 rings (SSSR count). The molecule has 0 atom stereocenters. The smallest absolute Gasteiger partial charge is 0.411 e. The number of anilines is 1. The lowest BCUT2D eigenvalue weighted by atomic mass is 10.0. The Morgan fingerprint density at radius 3 is 2.49 bits per heavy atom. The molecule has 1 fully saturated rings. The highest BCUT2D eigenvalue weighted by Gasteiger charge is 2.24. The zero-order valence-corrected chi connectivity index (χ0v) is 24.7. The lowest BCUT2D eigenvalue weighted by Gasteiger charge is -2.24. The van der Waals surface area contributed by atoms with Crippen LogP contribution in [0.15, 0.2) is 47.6 Å². The molecule has 0 bridgehead atoms. The largest absolute Gasteiger partial charge is 0.493 e. The molecular weight excluding hydrogens is 520 g/mol. The zero-order valence-electron chi connectivity index (χ0n) is 24.7. The molecule has 9 heteroatoms. The third-order valence-corrected chi connectivity index (χ3v) is 7.46. The first-order valence-electron chi connectivity index (χ1n) is 14.8. The second-order valence-corrected chi connectivity index (χ2v) is 11.1. The van der Waals surface area contributed by atoms with Crippen molar-refractivity contribution in [3.05, 3.63) is 53.6 Å².